The van der Waals surface area contributed by atoms with Crippen molar-refractivity contribution in [2.24, 2.45) is 5.92 Å². The summed E-state index contributed by atoms with van der Waals surface area (Å²) in [6, 6.07) is 3.29. The Kier molecular flexibility index (Phi) is 8.90. The van der Waals surface area contributed by atoms with Crippen molar-refractivity contribution in [1.29, 1.82) is 0 Å². The number of methoxy groups -OCH3 is 1. The summed E-state index contributed by atoms with van der Waals surface area (Å²) in [5.41, 5.74) is 3.00. The van der Waals surface area contributed by atoms with E-state index in [0.717, 1.165) is 16.9 Å². The Labute approximate surface area is 206 Å². The first-order chi connectivity index (χ1) is 16.2. The average Bonchev–Trinajstić information content (AvgIpc) is 3.43. The monoisotopic (exact) mass is 509 g/mol. The van der Waals surface area contributed by atoms with Crippen LogP contribution in [0.4, 0.5) is 0 Å². The molecule has 0 bridgehead atoms. The molecule has 11 heteroatoms. The Balaban J connectivity index is 1.77. The third kappa shape index (κ3) is 6.26. The molecule has 1 amide bonds. The highest BCUT2D eigenvalue weighted by Crippen LogP contribution is 2.40. The number of nitrogens with zero attached hydrogens (tertiary/aromatic N) is 2. The minimum absolute atomic E-state index is 0.0793. The van der Waals surface area contributed by atoms with Crippen molar-refractivity contribution >= 4 is 28.8 Å². The van der Waals surface area contributed by atoms with Gasteiger partial charge in [0.2, 0.25) is 11.7 Å². The van der Waals surface area contributed by atoms with E-state index in [0.29, 0.717) is 28.9 Å². The number of hydrogen-bond donors (Lipinski definition) is 3. The zero-order valence-electron chi connectivity index (χ0n) is 19.4. The second-order valence-corrected chi connectivity index (χ2v) is 9.44. The van der Waals surface area contributed by atoms with E-state index in [1.54, 1.807) is 23.5 Å². The summed E-state index contributed by atoms with van der Waals surface area (Å²) in [7, 11) is 1.47. The van der Waals surface area contributed by atoms with Gasteiger partial charge in [-0.3, -0.25) is 4.79 Å². The first kappa shape index (κ1) is 26.0. The summed E-state index contributed by atoms with van der Waals surface area (Å²) < 4.78 is 16.6. The van der Waals surface area contributed by atoms with Crippen molar-refractivity contribution in [2.45, 2.75) is 33.3 Å². The van der Waals surface area contributed by atoms with Crippen LogP contribution in [-0.2, 0) is 11.2 Å². The molecule has 0 spiro atoms. The van der Waals surface area contributed by atoms with Gasteiger partial charge >= 0.3 is 0 Å². The topological polar surface area (TPSA) is 127 Å². The minimum Gasteiger partial charge on any atom is -0.493 e. The minimum atomic E-state index is -1.01. The van der Waals surface area contributed by atoms with Gasteiger partial charge in [0, 0.05) is 12.1 Å². The number of carbonyl (C=O) groups excluding carboxylic acids is 1. The molecule has 1 aromatic carbocycles. The van der Waals surface area contributed by atoms with Gasteiger partial charge in [-0.15, -0.1) is 11.3 Å². The fourth-order valence-corrected chi connectivity index (χ4v) is 4.54. The van der Waals surface area contributed by atoms with E-state index < -0.39 is 18.6 Å². The van der Waals surface area contributed by atoms with Gasteiger partial charge in [0.1, 0.15) is 19.3 Å². The number of carbonyl (C=O) groups is 1. The van der Waals surface area contributed by atoms with Crippen molar-refractivity contribution in [1.82, 2.24) is 15.5 Å². The van der Waals surface area contributed by atoms with Gasteiger partial charge in [-0.25, -0.2) is 0 Å². The Bertz CT molecular complexity index is 1130. The summed E-state index contributed by atoms with van der Waals surface area (Å²) >= 11 is 8.00. The van der Waals surface area contributed by atoms with Gasteiger partial charge in [-0.05, 0) is 47.9 Å². The molecule has 0 aliphatic heterocycles. The van der Waals surface area contributed by atoms with E-state index in [9.17, 15) is 9.90 Å². The molecule has 184 valence electrons. The quantitative estimate of drug-likeness (QED) is 0.358. The number of rotatable bonds is 11. The van der Waals surface area contributed by atoms with E-state index in [4.69, 9.17) is 30.7 Å². The fraction of sp³-hybridized carbons (Fsp3) is 0.435. The highest BCUT2D eigenvalue weighted by atomic mass is 35.5. The van der Waals surface area contributed by atoms with Gasteiger partial charge in [-0.1, -0.05) is 30.6 Å². The number of nitrogens with one attached hydrogen (secondary N) is 1. The van der Waals surface area contributed by atoms with E-state index in [-0.39, 0.29) is 23.9 Å². The molecule has 2 heterocycles. The van der Waals surface area contributed by atoms with Crippen LogP contribution in [-0.4, -0.2) is 59.2 Å². The molecule has 3 aromatic rings. The van der Waals surface area contributed by atoms with Crippen molar-refractivity contribution in [2.75, 3.05) is 26.9 Å². The maximum atomic E-state index is 11.1. The summed E-state index contributed by atoms with van der Waals surface area (Å²) in [4.78, 5) is 16.6. The van der Waals surface area contributed by atoms with Crippen molar-refractivity contribution in [3.63, 3.8) is 0 Å². The van der Waals surface area contributed by atoms with Crippen molar-refractivity contribution < 1.29 is 29.0 Å². The molecular formula is C23H28ClN3O6S. The van der Waals surface area contributed by atoms with Crippen LogP contribution in [0.25, 0.3) is 22.2 Å². The lowest BCUT2D eigenvalue weighted by atomic mass is 10.0. The van der Waals surface area contributed by atoms with Crippen molar-refractivity contribution in [3.05, 3.63) is 33.7 Å². The van der Waals surface area contributed by atoms with Gasteiger partial charge < -0.3 is 29.5 Å². The smallest absolute Gasteiger partial charge is 0.268 e. The molecule has 1 atom stereocenters. The van der Waals surface area contributed by atoms with Gasteiger partial charge in [-0.2, -0.15) is 4.98 Å². The second kappa shape index (κ2) is 11.7. The van der Waals surface area contributed by atoms with E-state index in [1.807, 2.05) is 0 Å². The molecule has 9 nitrogen and oxygen atoms in total. The summed E-state index contributed by atoms with van der Waals surface area (Å²) in [6.07, 6.45) is -0.0227. The van der Waals surface area contributed by atoms with Crippen LogP contribution in [0.3, 0.4) is 0 Å². The maximum absolute atomic E-state index is 11.1. The van der Waals surface area contributed by atoms with Crippen LogP contribution in [0.1, 0.15) is 25.0 Å². The normalized spacial score (nSPS) is 12.1. The van der Waals surface area contributed by atoms with Crippen LogP contribution >= 0.6 is 22.9 Å². The number of aromatic nitrogens is 2. The average molecular weight is 510 g/mol. The lowest BCUT2D eigenvalue weighted by Gasteiger charge is -2.16. The molecule has 0 aliphatic carbocycles. The zero-order chi connectivity index (χ0) is 24.8. The largest absolute Gasteiger partial charge is 0.493 e. The molecule has 0 saturated heterocycles. The molecule has 0 saturated carbocycles. The molecule has 3 rings (SSSR count). The predicted molar refractivity (Wildman–Crippen MR) is 129 cm³/mol. The van der Waals surface area contributed by atoms with Crippen LogP contribution in [0.15, 0.2) is 22.0 Å². The van der Waals surface area contributed by atoms with E-state index in [1.165, 1.54) is 12.7 Å². The highest BCUT2D eigenvalue weighted by molar-refractivity contribution is 7.13. The number of halogens is 1. The van der Waals surface area contributed by atoms with Crippen LogP contribution in [0.5, 0.6) is 11.5 Å². The zero-order valence-corrected chi connectivity index (χ0v) is 21.0. The lowest BCUT2D eigenvalue weighted by Crippen LogP contribution is -2.36. The molecule has 2 aromatic heterocycles. The molecular weight excluding hydrogens is 482 g/mol. The SMILES string of the molecule is COc1cc(-c2noc(-c3scc(CC(C)C)c3C)n2)cc(Cl)c1OCC(O)CNC(=O)CO. The molecule has 34 heavy (non-hydrogen) atoms. The molecule has 0 aliphatic rings. The van der Waals surface area contributed by atoms with E-state index >= 15 is 0 Å². The standard InChI is InChI=1S/C23H28ClN3O6S/c1-12(2)5-15-11-34-21(13(15)3)23-26-22(27-33-23)14-6-17(24)20(18(7-14)31-4)32-10-16(29)8-25-19(30)9-28/h6-7,11-12,16,28-29H,5,8-10H2,1-4H3,(H,25,30). The molecule has 1 unspecified atom stereocenters. The number of benzene rings is 1. The van der Waals surface area contributed by atoms with Crippen LogP contribution in [0.2, 0.25) is 5.02 Å². The summed E-state index contributed by atoms with van der Waals surface area (Å²) in [5, 5.41) is 27.5. The number of aliphatic hydroxyl groups excluding tert-OH is 2. The van der Waals surface area contributed by atoms with E-state index in [2.05, 4.69) is 41.6 Å². The highest BCUT2D eigenvalue weighted by Gasteiger charge is 2.20. The van der Waals surface area contributed by atoms with Gasteiger partial charge in [0.15, 0.2) is 11.5 Å². The first-order valence-corrected chi connectivity index (χ1v) is 12.0. The number of aliphatic hydroxyl groups is 2. The second-order valence-electron chi connectivity index (χ2n) is 8.15. The third-order valence-electron chi connectivity index (χ3n) is 4.98. The predicted octanol–water partition coefficient (Wildman–Crippen LogP) is 3.48. The Morgan fingerprint density at radius 2 is 2.12 bits per heavy atom. The van der Waals surface area contributed by atoms with Crippen molar-refractivity contribution in [3.8, 4) is 33.7 Å². The van der Waals surface area contributed by atoms with Gasteiger partial charge in [0.25, 0.3) is 5.89 Å². The molecule has 0 fully saturated rings. The maximum Gasteiger partial charge on any atom is 0.268 e. The fourth-order valence-electron chi connectivity index (χ4n) is 3.25. The Morgan fingerprint density at radius 3 is 2.79 bits per heavy atom. The third-order valence-corrected chi connectivity index (χ3v) is 6.38. The molecule has 3 N–H and O–H groups in total. The summed E-state index contributed by atoms with van der Waals surface area (Å²) in [6.45, 7) is 5.54. The first-order valence-electron chi connectivity index (χ1n) is 10.7. The van der Waals surface area contributed by atoms with Crippen LogP contribution in [0, 0.1) is 12.8 Å². The van der Waals surface area contributed by atoms with Crippen LogP contribution < -0.4 is 14.8 Å². The number of amides is 1. The Morgan fingerprint density at radius 1 is 1.35 bits per heavy atom. The number of thiophene rings is 1. The lowest BCUT2D eigenvalue weighted by molar-refractivity contribution is -0.124. The molecule has 0 radical (unpaired) electrons. The number of hydrogen-bond acceptors (Lipinski definition) is 9. The Hall–Kier alpha value is -2.66. The van der Waals surface area contributed by atoms with Gasteiger partial charge in [0.05, 0.1) is 17.0 Å². The number of ether oxygens (including phenoxy) is 2. The summed E-state index contributed by atoms with van der Waals surface area (Å²) in [5.74, 6) is 1.31.